The van der Waals surface area contributed by atoms with Crippen LogP contribution in [0.2, 0.25) is 0 Å². The molecule has 0 saturated carbocycles. The largest absolute Gasteiger partial charge is 0.392 e. The first-order valence-electron chi connectivity index (χ1n) is 3.23. The molecule has 0 unspecified atom stereocenters. The molecule has 1 aliphatic heterocycles. The number of rotatable bonds is 1. The van der Waals surface area contributed by atoms with E-state index in [-0.39, 0.29) is 6.61 Å². The van der Waals surface area contributed by atoms with E-state index in [9.17, 15) is 5.11 Å². The Bertz CT molecular complexity index is 107. The lowest BCUT2D eigenvalue weighted by Gasteiger charge is -2.27. The quantitative estimate of drug-likeness (QED) is 0.499. The highest BCUT2D eigenvalue weighted by Gasteiger charge is 2.35. The molecule has 1 aliphatic rings. The Balaban J connectivity index is 2.56. The van der Waals surface area contributed by atoms with Gasteiger partial charge in [0.1, 0.15) is 5.72 Å². The van der Waals surface area contributed by atoms with Crippen LogP contribution in [-0.4, -0.2) is 41.0 Å². The molecule has 0 aliphatic carbocycles. The number of aliphatic hydroxyl groups is 2. The average molecular weight is 131 g/mol. The van der Waals surface area contributed by atoms with E-state index in [1.807, 2.05) is 7.05 Å². The SMILES string of the molecule is CN1CCC[C@]1(O)CO. The number of nitrogens with zero attached hydrogens (tertiary/aromatic N) is 1. The van der Waals surface area contributed by atoms with E-state index in [1.165, 1.54) is 0 Å². The highest BCUT2D eigenvalue weighted by molar-refractivity contribution is 4.82. The summed E-state index contributed by atoms with van der Waals surface area (Å²) in [5, 5.41) is 18.1. The summed E-state index contributed by atoms with van der Waals surface area (Å²) in [5.74, 6) is 0. The number of likely N-dealkylation sites (N-methyl/N-ethyl adjacent to an activating group) is 1. The van der Waals surface area contributed by atoms with Crippen molar-refractivity contribution < 1.29 is 10.2 Å². The summed E-state index contributed by atoms with van der Waals surface area (Å²) in [7, 11) is 1.82. The summed E-state index contributed by atoms with van der Waals surface area (Å²) in [6.07, 6.45) is 1.67. The average Bonchev–Trinajstić information content (AvgIpc) is 2.15. The van der Waals surface area contributed by atoms with E-state index in [0.29, 0.717) is 6.42 Å². The third-order valence-corrected chi connectivity index (χ3v) is 2.03. The fraction of sp³-hybridized carbons (Fsp3) is 1.00. The van der Waals surface area contributed by atoms with E-state index >= 15 is 0 Å². The van der Waals surface area contributed by atoms with E-state index in [2.05, 4.69) is 0 Å². The Morgan fingerprint density at radius 3 is 2.56 bits per heavy atom. The summed E-state index contributed by atoms with van der Waals surface area (Å²) < 4.78 is 0. The fourth-order valence-electron chi connectivity index (χ4n) is 1.20. The van der Waals surface area contributed by atoms with Crippen LogP contribution in [0.5, 0.6) is 0 Å². The Morgan fingerprint density at radius 2 is 2.33 bits per heavy atom. The zero-order valence-corrected chi connectivity index (χ0v) is 5.67. The summed E-state index contributed by atoms with van der Waals surface area (Å²) in [5.41, 5.74) is -0.917. The molecule has 0 aromatic heterocycles. The first-order chi connectivity index (χ1) is 4.19. The van der Waals surface area contributed by atoms with Gasteiger partial charge in [-0.25, -0.2) is 0 Å². The Morgan fingerprint density at radius 1 is 1.67 bits per heavy atom. The molecule has 0 aromatic rings. The van der Waals surface area contributed by atoms with Gasteiger partial charge in [-0.1, -0.05) is 0 Å². The van der Waals surface area contributed by atoms with Gasteiger partial charge >= 0.3 is 0 Å². The molecule has 0 spiro atoms. The number of hydrogen-bond acceptors (Lipinski definition) is 3. The summed E-state index contributed by atoms with van der Waals surface area (Å²) in [6, 6.07) is 0. The van der Waals surface area contributed by atoms with Crippen LogP contribution in [0.3, 0.4) is 0 Å². The Hall–Kier alpha value is -0.120. The van der Waals surface area contributed by atoms with Crippen LogP contribution in [0.4, 0.5) is 0 Å². The van der Waals surface area contributed by atoms with Crippen molar-refractivity contribution in [1.82, 2.24) is 4.90 Å². The van der Waals surface area contributed by atoms with Crippen LogP contribution in [0.15, 0.2) is 0 Å². The molecular weight excluding hydrogens is 118 g/mol. The maximum Gasteiger partial charge on any atom is 0.141 e. The van der Waals surface area contributed by atoms with Crippen molar-refractivity contribution in [3.05, 3.63) is 0 Å². The molecule has 0 bridgehead atoms. The van der Waals surface area contributed by atoms with Crippen molar-refractivity contribution >= 4 is 0 Å². The third kappa shape index (κ3) is 1.08. The fourth-order valence-corrected chi connectivity index (χ4v) is 1.20. The molecule has 0 amide bonds. The first-order valence-corrected chi connectivity index (χ1v) is 3.23. The van der Waals surface area contributed by atoms with Gasteiger partial charge in [0.2, 0.25) is 0 Å². The van der Waals surface area contributed by atoms with E-state index < -0.39 is 5.72 Å². The first kappa shape index (κ1) is 6.99. The van der Waals surface area contributed by atoms with E-state index in [1.54, 1.807) is 4.90 Å². The van der Waals surface area contributed by atoms with E-state index in [4.69, 9.17) is 5.11 Å². The van der Waals surface area contributed by atoms with Crippen molar-refractivity contribution in [2.75, 3.05) is 20.2 Å². The molecule has 3 nitrogen and oxygen atoms in total. The molecule has 9 heavy (non-hydrogen) atoms. The van der Waals surface area contributed by atoms with Crippen molar-refractivity contribution in [3.8, 4) is 0 Å². The van der Waals surface area contributed by atoms with Gasteiger partial charge < -0.3 is 10.2 Å². The second-order valence-corrected chi connectivity index (χ2v) is 2.67. The minimum absolute atomic E-state index is 0.149. The number of aliphatic hydroxyl groups excluding tert-OH is 1. The van der Waals surface area contributed by atoms with Crippen molar-refractivity contribution in [2.45, 2.75) is 18.6 Å². The molecule has 1 atom stereocenters. The monoisotopic (exact) mass is 131 g/mol. The van der Waals surface area contributed by atoms with Gasteiger partial charge in [0.25, 0.3) is 0 Å². The highest BCUT2D eigenvalue weighted by Crippen LogP contribution is 2.23. The van der Waals surface area contributed by atoms with Gasteiger partial charge in [0, 0.05) is 6.54 Å². The van der Waals surface area contributed by atoms with Crippen LogP contribution < -0.4 is 0 Å². The van der Waals surface area contributed by atoms with Crippen LogP contribution in [0.25, 0.3) is 0 Å². The third-order valence-electron chi connectivity index (χ3n) is 2.03. The van der Waals surface area contributed by atoms with Gasteiger partial charge in [0.05, 0.1) is 6.61 Å². The highest BCUT2D eigenvalue weighted by atomic mass is 16.4. The second kappa shape index (κ2) is 2.25. The predicted octanol–water partition coefficient (Wildman–Crippen LogP) is -0.607. The van der Waals surface area contributed by atoms with Crippen molar-refractivity contribution in [1.29, 1.82) is 0 Å². The molecule has 1 rings (SSSR count). The van der Waals surface area contributed by atoms with Crippen LogP contribution in [0, 0.1) is 0 Å². The van der Waals surface area contributed by atoms with Gasteiger partial charge in [-0.2, -0.15) is 0 Å². The Kier molecular flexibility index (Phi) is 1.75. The van der Waals surface area contributed by atoms with Crippen molar-refractivity contribution in [3.63, 3.8) is 0 Å². The summed E-state index contributed by atoms with van der Waals surface area (Å²) in [4.78, 5) is 1.78. The normalized spacial score (nSPS) is 37.7. The Labute approximate surface area is 54.9 Å². The zero-order chi connectivity index (χ0) is 6.91. The van der Waals surface area contributed by atoms with Gasteiger partial charge in [0.15, 0.2) is 0 Å². The molecular formula is C6H13NO2. The lowest BCUT2D eigenvalue weighted by molar-refractivity contribution is -0.103. The summed E-state index contributed by atoms with van der Waals surface area (Å²) in [6.45, 7) is 0.737. The van der Waals surface area contributed by atoms with Crippen LogP contribution in [0.1, 0.15) is 12.8 Å². The van der Waals surface area contributed by atoms with Crippen molar-refractivity contribution in [2.24, 2.45) is 0 Å². The zero-order valence-electron chi connectivity index (χ0n) is 5.67. The lowest BCUT2D eigenvalue weighted by Crippen LogP contribution is -2.44. The van der Waals surface area contributed by atoms with Gasteiger partial charge in [-0.15, -0.1) is 0 Å². The molecule has 3 heteroatoms. The second-order valence-electron chi connectivity index (χ2n) is 2.67. The molecule has 0 aromatic carbocycles. The number of hydrogen-bond donors (Lipinski definition) is 2. The maximum atomic E-state index is 9.44. The molecule has 2 N–H and O–H groups in total. The molecule has 1 saturated heterocycles. The van der Waals surface area contributed by atoms with Gasteiger partial charge in [-0.3, -0.25) is 4.90 Å². The van der Waals surface area contributed by atoms with Gasteiger partial charge in [-0.05, 0) is 19.9 Å². The van der Waals surface area contributed by atoms with Crippen LogP contribution >= 0.6 is 0 Å². The van der Waals surface area contributed by atoms with E-state index in [0.717, 1.165) is 13.0 Å². The predicted molar refractivity (Wildman–Crippen MR) is 33.9 cm³/mol. The minimum atomic E-state index is -0.917. The maximum absolute atomic E-state index is 9.44. The number of likely N-dealkylation sites (tertiary alicyclic amines) is 1. The smallest absolute Gasteiger partial charge is 0.141 e. The molecule has 0 radical (unpaired) electrons. The summed E-state index contributed by atoms with van der Waals surface area (Å²) >= 11 is 0. The molecule has 1 heterocycles. The standard InChI is InChI=1S/C6H13NO2/c1-7-4-2-3-6(7,9)5-8/h8-9H,2-5H2,1H3/t6-/m0/s1. The minimum Gasteiger partial charge on any atom is -0.392 e. The topological polar surface area (TPSA) is 43.7 Å². The van der Waals surface area contributed by atoms with Crippen LogP contribution in [-0.2, 0) is 0 Å². The molecule has 54 valence electrons. The lowest BCUT2D eigenvalue weighted by atomic mass is 10.2. The molecule has 1 fully saturated rings.